The van der Waals surface area contributed by atoms with Crippen LogP contribution in [-0.2, 0) is 21.4 Å². The summed E-state index contributed by atoms with van der Waals surface area (Å²) in [5.41, 5.74) is 0.661. The first-order valence-corrected chi connectivity index (χ1v) is 12.7. The number of carbonyl (C=O) groups is 1. The first-order valence-electron chi connectivity index (χ1n) is 10.4. The van der Waals surface area contributed by atoms with Crippen LogP contribution in [0.3, 0.4) is 0 Å². The molecule has 0 aliphatic carbocycles. The lowest BCUT2D eigenvalue weighted by Gasteiger charge is -2.29. The molecule has 4 rings (SSSR count). The lowest BCUT2D eigenvalue weighted by Crippen LogP contribution is -2.40. The highest BCUT2D eigenvalue weighted by atomic mass is 32.2. The zero-order chi connectivity index (χ0) is 24.5. The van der Waals surface area contributed by atoms with E-state index in [1.54, 1.807) is 16.7 Å². The lowest BCUT2D eigenvalue weighted by atomic mass is 9.98. The number of piperidine rings is 1. The summed E-state index contributed by atoms with van der Waals surface area (Å²) >= 11 is 1.18. The van der Waals surface area contributed by atoms with Crippen molar-refractivity contribution in [3.63, 3.8) is 0 Å². The molecule has 0 spiro atoms. The number of hydrogen-bond acceptors (Lipinski definition) is 6. The summed E-state index contributed by atoms with van der Waals surface area (Å²) in [5.74, 6) is -1.33. The van der Waals surface area contributed by atoms with Crippen LogP contribution in [0.1, 0.15) is 12.8 Å². The van der Waals surface area contributed by atoms with E-state index in [4.69, 9.17) is 0 Å². The van der Waals surface area contributed by atoms with Crippen molar-refractivity contribution in [3.05, 3.63) is 75.9 Å². The van der Waals surface area contributed by atoms with Crippen LogP contribution in [0.4, 0.5) is 10.1 Å². The van der Waals surface area contributed by atoms with Crippen molar-refractivity contribution >= 4 is 43.2 Å². The Bertz CT molecular complexity index is 1440. The van der Waals surface area contributed by atoms with Crippen molar-refractivity contribution in [2.24, 2.45) is 10.9 Å². The SMILES string of the molecule is C=CCn1c(=NC(=O)C2CCN(S(=O)(=O)c3ccc(F)cc3)CC2)sc2cc([N+](=O)[O-])ccc21. The van der Waals surface area contributed by atoms with Gasteiger partial charge in [0, 0.05) is 37.7 Å². The van der Waals surface area contributed by atoms with E-state index in [1.165, 1.54) is 39.9 Å². The van der Waals surface area contributed by atoms with Gasteiger partial charge in [0.25, 0.3) is 11.6 Å². The van der Waals surface area contributed by atoms with Crippen molar-refractivity contribution in [2.45, 2.75) is 24.3 Å². The van der Waals surface area contributed by atoms with Crippen LogP contribution < -0.4 is 4.80 Å². The highest BCUT2D eigenvalue weighted by Crippen LogP contribution is 2.26. The largest absolute Gasteiger partial charge is 0.312 e. The van der Waals surface area contributed by atoms with E-state index >= 15 is 0 Å². The molecule has 0 N–H and O–H groups in total. The Kier molecular flexibility index (Phi) is 6.73. The Hall–Kier alpha value is -3.22. The summed E-state index contributed by atoms with van der Waals surface area (Å²) in [6.45, 7) is 4.40. The number of nitro benzene ring substituents is 1. The third kappa shape index (κ3) is 4.69. The Balaban J connectivity index is 1.55. The maximum atomic E-state index is 13.1. The molecule has 34 heavy (non-hydrogen) atoms. The zero-order valence-electron chi connectivity index (χ0n) is 18.0. The van der Waals surface area contributed by atoms with Gasteiger partial charge in [0.15, 0.2) is 4.80 Å². The van der Waals surface area contributed by atoms with E-state index in [0.29, 0.717) is 34.4 Å². The number of halogens is 1. The molecule has 178 valence electrons. The topological polar surface area (TPSA) is 115 Å². The molecule has 2 aromatic carbocycles. The first kappa shape index (κ1) is 23.9. The molecule has 1 aliphatic rings. The van der Waals surface area contributed by atoms with Gasteiger partial charge in [-0.25, -0.2) is 12.8 Å². The third-order valence-corrected chi connectivity index (χ3v) is 8.60. The fourth-order valence-corrected chi connectivity index (χ4v) is 6.40. The summed E-state index contributed by atoms with van der Waals surface area (Å²) in [5, 5.41) is 11.1. The monoisotopic (exact) mass is 504 g/mol. The van der Waals surface area contributed by atoms with Crippen LogP contribution >= 0.6 is 11.3 Å². The van der Waals surface area contributed by atoms with Crippen molar-refractivity contribution in [1.29, 1.82) is 0 Å². The molecule has 2 heterocycles. The van der Waals surface area contributed by atoms with Gasteiger partial charge in [0.05, 0.1) is 20.0 Å². The van der Waals surface area contributed by atoms with Gasteiger partial charge in [0.2, 0.25) is 10.0 Å². The van der Waals surface area contributed by atoms with Crippen molar-refractivity contribution in [1.82, 2.24) is 8.87 Å². The van der Waals surface area contributed by atoms with Crippen molar-refractivity contribution in [2.75, 3.05) is 13.1 Å². The minimum absolute atomic E-state index is 0.00759. The fourth-order valence-electron chi connectivity index (χ4n) is 3.85. The lowest BCUT2D eigenvalue weighted by molar-refractivity contribution is -0.384. The Morgan fingerprint density at radius 1 is 1.24 bits per heavy atom. The van der Waals surface area contributed by atoms with Gasteiger partial charge in [-0.05, 0) is 43.2 Å². The van der Waals surface area contributed by atoms with E-state index < -0.39 is 26.7 Å². The van der Waals surface area contributed by atoms with Crippen LogP contribution in [0.25, 0.3) is 10.2 Å². The van der Waals surface area contributed by atoms with Gasteiger partial charge >= 0.3 is 0 Å². The molecule has 0 saturated carbocycles. The van der Waals surface area contributed by atoms with E-state index in [9.17, 15) is 27.7 Å². The molecule has 1 saturated heterocycles. The molecule has 1 fully saturated rings. The maximum Gasteiger partial charge on any atom is 0.270 e. The Morgan fingerprint density at radius 2 is 1.91 bits per heavy atom. The number of aromatic nitrogens is 1. The van der Waals surface area contributed by atoms with Gasteiger partial charge in [-0.15, -0.1) is 6.58 Å². The second-order valence-electron chi connectivity index (χ2n) is 7.78. The molecule has 0 atom stereocenters. The average Bonchev–Trinajstić information content (AvgIpc) is 3.15. The molecular formula is C22H21FN4O5S2. The quantitative estimate of drug-likeness (QED) is 0.290. The first-order chi connectivity index (χ1) is 16.2. The summed E-state index contributed by atoms with van der Waals surface area (Å²) < 4.78 is 42.4. The number of sulfonamides is 1. The molecule has 12 heteroatoms. The van der Waals surface area contributed by atoms with Gasteiger partial charge in [0.1, 0.15) is 5.82 Å². The number of non-ortho nitro benzene ring substituents is 1. The van der Waals surface area contributed by atoms with Gasteiger partial charge in [-0.3, -0.25) is 14.9 Å². The van der Waals surface area contributed by atoms with Crippen LogP contribution in [-0.4, -0.2) is 41.2 Å². The molecular weight excluding hydrogens is 483 g/mol. The predicted octanol–water partition coefficient (Wildman–Crippen LogP) is 3.46. The summed E-state index contributed by atoms with van der Waals surface area (Å²) in [7, 11) is -3.77. The van der Waals surface area contributed by atoms with Gasteiger partial charge in [-0.1, -0.05) is 17.4 Å². The minimum atomic E-state index is -3.77. The molecule has 3 aromatic rings. The van der Waals surface area contributed by atoms with Crippen molar-refractivity contribution in [3.8, 4) is 0 Å². The van der Waals surface area contributed by atoms with Gasteiger partial charge in [-0.2, -0.15) is 9.30 Å². The molecule has 0 radical (unpaired) electrons. The standard InChI is InChI=1S/C22H21FN4O5S2/c1-2-11-26-19-8-5-17(27(29)30)14-20(19)33-22(26)24-21(28)15-9-12-25(13-10-15)34(31,32)18-6-3-16(23)4-7-18/h2-8,14-15H,1,9-13H2. The minimum Gasteiger partial charge on any atom is -0.312 e. The van der Waals surface area contributed by atoms with Crippen LogP contribution in [0.15, 0.2) is 65.0 Å². The average molecular weight is 505 g/mol. The highest BCUT2D eigenvalue weighted by Gasteiger charge is 2.32. The molecule has 1 aliphatic heterocycles. The summed E-state index contributed by atoms with van der Waals surface area (Å²) in [6, 6.07) is 9.11. The van der Waals surface area contributed by atoms with Crippen LogP contribution in [0.5, 0.6) is 0 Å². The van der Waals surface area contributed by atoms with Crippen LogP contribution in [0.2, 0.25) is 0 Å². The molecule has 0 unspecified atom stereocenters. The Labute approximate surface area is 198 Å². The number of nitro groups is 1. The number of rotatable bonds is 6. The smallest absolute Gasteiger partial charge is 0.270 e. The van der Waals surface area contributed by atoms with E-state index in [0.717, 1.165) is 12.1 Å². The number of nitrogens with zero attached hydrogens (tertiary/aromatic N) is 4. The number of benzene rings is 2. The number of amides is 1. The third-order valence-electron chi connectivity index (χ3n) is 5.65. The number of thiazole rings is 1. The molecule has 9 nitrogen and oxygen atoms in total. The normalized spacial score (nSPS) is 16.1. The Morgan fingerprint density at radius 3 is 2.53 bits per heavy atom. The molecule has 0 bridgehead atoms. The fraction of sp³-hybridized carbons (Fsp3) is 0.273. The summed E-state index contributed by atoms with van der Waals surface area (Å²) in [6.07, 6.45) is 2.26. The second-order valence-corrected chi connectivity index (χ2v) is 10.7. The van der Waals surface area contributed by atoms with E-state index in [2.05, 4.69) is 11.6 Å². The van der Waals surface area contributed by atoms with E-state index in [1.807, 2.05) is 0 Å². The second kappa shape index (κ2) is 9.57. The highest BCUT2D eigenvalue weighted by molar-refractivity contribution is 7.89. The molecule has 1 amide bonds. The predicted molar refractivity (Wildman–Crippen MR) is 125 cm³/mol. The zero-order valence-corrected chi connectivity index (χ0v) is 19.6. The number of carbonyl (C=O) groups excluding carboxylic acids is 1. The van der Waals surface area contributed by atoms with Crippen molar-refractivity contribution < 1.29 is 22.5 Å². The summed E-state index contributed by atoms with van der Waals surface area (Å²) in [4.78, 5) is 28.2. The van der Waals surface area contributed by atoms with Crippen LogP contribution in [0, 0.1) is 21.8 Å². The number of allylic oxidation sites excluding steroid dienone is 1. The van der Waals surface area contributed by atoms with Gasteiger partial charge < -0.3 is 4.57 Å². The maximum absolute atomic E-state index is 13.1. The molecule has 1 aromatic heterocycles. The van der Waals surface area contributed by atoms with E-state index in [-0.39, 0.29) is 29.6 Å². The number of fused-ring (bicyclic) bond motifs is 1. The number of hydrogen-bond donors (Lipinski definition) is 0.